The molecule has 0 aromatic heterocycles. The number of ketones is 5. The Morgan fingerprint density at radius 3 is 1.07 bits per heavy atom. The maximum absolute atomic E-state index is 12.9. The lowest BCUT2D eigenvalue weighted by Gasteiger charge is -2.23. The fourth-order valence-corrected chi connectivity index (χ4v) is 4.48. The van der Waals surface area contributed by atoms with Gasteiger partial charge in [0.1, 0.15) is 28.9 Å². The molecule has 238 valence electrons. The second kappa shape index (κ2) is 21.4. The molecule has 3 amide bonds. The summed E-state index contributed by atoms with van der Waals surface area (Å²) in [5, 5.41) is 11.4. The number of amides is 3. The minimum Gasteiger partial charge on any atom is -0.353 e. The molecule has 0 saturated heterocycles. The van der Waals surface area contributed by atoms with Gasteiger partial charge in [-0.05, 0) is 67.3 Å². The van der Waals surface area contributed by atoms with Gasteiger partial charge in [-0.2, -0.15) is 0 Å². The Labute approximate surface area is 249 Å². The maximum Gasteiger partial charge on any atom is 0.222 e. The van der Waals surface area contributed by atoms with Crippen molar-refractivity contribution in [1.82, 2.24) is 21.3 Å². The van der Waals surface area contributed by atoms with Gasteiger partial charge in [0.05, 0.1) is 0 Å². The SMILES string of the molecule is CNC(CCC(C)=O)CC(=O)NC(CCC(C)=O)CC(=O)NC(CCC(=O)NC(CCC(C)=O)CC(C)=O)CC(C)=O. The van der Waals surface area contributed by atoms with Crippen molar-refractivity contribution in [3.8, 4) is 0 Å². The summed E-state index contributed by atoms with van der Waals surface area (Å²) in [6, 6.07) is -1.95. The van der Waals surface area contributed by atoms with Crippen molar-refractivity contribution in [2.45, 2.75) is 136 Å². The molecule has 12 heteroatoms. The molecule has 0 bridgehead atoms. The molecule has 12 nitrogen and oxygen atoms in total. The van der Waals surface area contributed by atoms with E-state index in [2.05, 4.69) is 21.3 Å². The molecule has 0 radical (unpaired) electrons. The molecule has 4 unspecified atom stereocenters. The van der Waals surface area contributed by atoms with Crippen molar-refractivity contribution in [2.24, 2.45) is 0 Å². The second-order valence-electron chi connectivity index (χ2n) is 11.3. The Morgan fingerprint density at radius 1 is 0.405 bits per heavy atom. The minimum atomic E-state index is -0.631. The lowest BCUT2D eigenvalue weighted by molar-refractivity contribution is -0.127. The monoisotopic (exact) mass is 594 g/mol. The fraction of sp³-hybridized carbons (Fsp3) is 0.733. The molecule has 0 heterocycles. The van der Waals surface area contributed by atoms with Gasteiger partial charge in [0, 0.05) is 75.5 Å². The Morgan fingerprint density at radius 2 is 0.714 bits per heavy atom. The highest BCUT2D eigenvalue weighted by Crippen LogP contribution is 2.10. The Balaban J connectivity index is 5.23. The van der Waals surface area contributed by atoms with Gasteiger partial charge in [-0.3, -0.25) is 24.0 Å². The molecular weight excluding hydrogens is 544 g/mol. The fourth-order valence-electron chi connectivity index (χ4n) is 4.48. The van der Waals surface area contributed by atoms with Gasteiger partial charge in [-0.1, -0.05) is 0 Å². The molecule has 4 N–H and O–H groups in total. The number of carbonyl (C=O) groups excluding carboxylic acids is 8. The summed E-state index contributed by atoms with van der Waals surface area (Å²) in [5.74, 6) is -1.52. The quantitative estimate of drug-likeness (QED) is 0.129. The number of Topliss-reactive ketones (excluding diaryl/α,β-unsaturated/α-hetero) is 5. The molecular formula is C30H50N4O8. The van der Waals surface area contributed by atoms with Crippen LogP contribution in [-0.2, 0) is 38.4 Å². The average molecular weight is 595 g/mol. The van der Waals surface area contributed by atoms with E-state index in [9.17, 15) is 38.4 Å². The van der Waals surface area contributed by atoms with Crippen LogP contribution < -0.4 is 21.3 Å². The molecule has 0 aromatic rings. The predicted molar refractivity (Wildman–Crippen MR) is 157 cm³/mol. The summed E-state index contributed by atoms with van der Waals surface area (Å²) in [6.45, 7) is 7.13. The van der Waals surface area contributed by atoms with E-state index in [0.29, 0.717) is 19.3 Å². The lowest BCUT2D eigenvalue weighted by Crippen LogP contribution is -2.44. The first kappa shape index (κ1) is 38.7. The van der Waals surface area contributed by atoms with Gasteiger partial charge >= 0.3 is 0 Å². The summed E-state index contributed by atoms with van der Waals surface area (Å²) in [7, 11) is 1.70. The first-order valence-corrected chi connectivity index (χ1v) is 14.6. The zero-order chi connectivity index (χ0) is 32.2. The van der Waals surface area contributed by atoms with Crippen molar-refractivity contribution in [2.75, 3.05) is 7.05 Å². The molecule has 0 fully saturated rings. The molecule has 0 saturated carbocycles. The van der Waals surface area contributed by atoms with Gasteiger partial charge in [0.2, 0.25) is 17.7 Å². The highest BCUT2D eigenvalue weighted by molar-refractivity contribution is 5.83. The first-order valence-electron chi connectivity index (χ1n) is 14.6. The van der Waals surface area contributed by atoms with Crippen molar-refractivity contribution in [1.29, 1.82) is 0 Å². The van der Waals surface area contributed by atoms with Crippen molar-refractivity contribution in [3.05, 3.63) is 0 Å². The van der Waals surface area contributed by atoms with Crippen molar-refractivity contribution < 1.29 is 38.4 Å². The lowest BCUT2D eigenvalue weighted by atomic mass is 10.0. The predicted octanol–water partition coefficient (Wildman–Crippen LogP) is 1.66. The standard InChI is InChI=1S/C30H50N4O8/c1-19(35)7-10-24(31-6)17-29(41)34-27(12-9-21(3)37)18-30(42)33-26(16-23(5)39)13-14-28(40)32-25(15-22(4)38)11-8-20(2)36/h24-27,31H,7-18H2,1-6H3,(H,32,40)(H,33,42)(H,34,41). The van der Waals surface area contributed by atoms with Gasteiger partial charge in [0.15, 0.2) is 0 Å². The van der Waals surface area contributed by atoms with Crippen LogP contribution in [0.3, 0.4) is 0 Å². The van der Waals surface area contributed by atoms with E-state index in [1.807, 2.05) is 0 Å². The van der Waals surface area contributed by atoms with Crippen LogP contribution in [0.15, 0.2) is 0 Å². The van der Waals surface area contributed by atoms with Crippen LogP contribution in [-0.4, -0.2) is 77.9 Å². The summed E-state index contributed by atoms with van der Waals surface area (Å²) < 4.78 is 0. The number of carbonyl (C=O) groups is 8. The van der Waals surface area contributed by atoms with Crippen LogP contribution in [0.4, 0.5) is 0 Å². The normalized spacial score (nSPS) is 13.7. The molecule has 4 atom stereocenters. The number of hydrogen-bond acceptors (Lipinski definition) is 9. The van der Waals surface area contributed by atoms with E-state index in [4.69, 9.17) is 0 Å². The van der Waals surface area contributed by atoms with E-state index >= 15 is 0 Å². The third-order valence-corrected chi connectivity index (χ3v) is 6.69. The molecule has 0 aromatic carbocycles. The van der Waals surface area contributed by atoms with E-state index in [1.165, 1.54) is 34.6 Å². The molecule has 42 heavy (non-hydrogen) atoms. The van der Waals surface area contributed by atoms with Gasteiger partial charge in [0.25, 0.3) is 0 Å². The topological polar surface area (TPSA) is 185 Å². The number of hydrogen-bond donors (Lipinski definition) is 4. The molecule has 0 aliphatic heterocycles. The summed E-state index contributed by atoms with van der Waals surface area (Å²) in [5.41, 5.74) is 0. The molecule has 0 spiro atoms. The molecule has 0 aliphatic rings. The van der Waals surface area contributed by atoms with Gasteiger partial charge in [-0.25, -0.2) is 0 Å². The van der Waals surface area contributed by atoms with Crippen LogP contribution in [0, 0.1) is 0 Å². The highest BCUT2D eigenvalue weighted by atomic mass is 16.2. The smallest absolute Gasteiger partial charge is 0.222 e. The summed E-state index contributed by atoms with van der Waals surface area (Å²) in [4.78, 5) is 95.9. The van der Waals surface area contributed by atoms with Crippen LogP contribution >= 0.6 is 0 Å². The van der Waals surface area contributed by atoms with Crippen LogP contribution in [0.2, 0.25) is 0 Å². The average Bonchev–Trinajstić information content (AvgIpc) is 2.85. The molecule has 0 rings (SSSR count). The largest absolute Gasteiger partial charge is 0.353 e. The van der Waals surface area contributed by atoms with Gasteiger partial charge in [-0.15, -0.1) is 0 Å². The Bertz CT molecular complexity index is 965. The third kappa shape index (κ3) is 21.5. The first-order chi connectivity index (χ1) is 19.6. The van der Waals surface area contributed by atoms with E-state index < -0.39 is 24.0 Å². The van der Waals surface area contributed by atoms with E-state index in [0.717, 1.165) is 0 Å². The minimum absolute atomic E-state index is 0.00466. The van der Waals surface area contributed by atoms with Crippen LogP contribution in [0.25, 0.3) is 0 Å². The highest BCUT2D eigenvalue weighted by Gasteiger charge is 2.23. The van der Waals surface area contributed by atoms with Crippen LogP contribution in [0.5, 0.6) is 0 Å². The second-order valence-corrected chi connectivity index (χ2v) is 11.3. The van der Waals surface area contributed by atoms with Crippen LogP contribution in [0.1, 0.15) is 112 Å². The summed E-state index contributed by atoms with van der Waals surface area (Å²) in [6.07, 6.45) is 2.06. The van der Waals surface area contributed by atoms with E-state index in [-0.39, 0.29) is 105 Å². The van der Waals surface area contributed by atoms with Crippen molar-refractivity contribution in [3.63, 3.8) is 0 Å². The number of rotatable bonds is 24. The zero-order valence-electron chi connectivity index (χ0n) is 26.1. The molecule has 0 aliphatic carbocycles. The number of nitrogens with one attached hydrogen (secondary N) is 4. The Kier molecular flexibility index (Phi) is 19.8. The zero-order valence-corrected chi connectivity index (χ0v) is 26.1. The summed E-state index contributed by atoms with van der Waals surface area (Å²) >= 11 is 0. The Hall–Kier alpha value is -3.28. The third-order valence-electron chi connectivity index (χ3n) is 6.69. The van der Waals surface area contributed by atoms with Gasteiger partial charge < -0.3 is 35.7 Å². The van der Waals surface area contributed by atoms with Crippen molar-refractivity contribution >= 4 is 46.6 Å². The van der Waals surface area contributed by atoms with E-state index in [1.54, 1.807) is 7.05 Å². The maximum atomic E-state index is 12.9.